The van der Waals surface area contributed by atoms with Gasteiger partial charge < -0.3 is 9.80 Å². The van der Waals surface area contributed by atoms with Crippen LogP contribution in [0.1, 0.15) is 6.42 Å². The summed E-state index contributed by atoms with van der Waals surface area (Å²) in [4.78, 5) is 28.8. The Balaban J connectivity index is 1.86. The molecule has 0 radical (unpaired) electrons. The van der Waals surface area contributed by atoms with Crippen LogP contribution in [0.15, 0.2) is 67.8 Å². The maximum Gasteiger partial charge on any atom is 0.228 e. The number of carbonyl (C=O) groups excluding carboxylic acids is 2. The van der Waals surface area contributed by atoms with Crippen molar-refractivity contribution in [1.82, 2.24) is 4.90 Å². The first-order chi connectivity index (χ1) is 12.2. The molecule has 2 aromatic carbocycles. The second kappa shape index (κ2) is 7.34. The van der Waals surface area contributed by atoms with Gasteiger partial charge in [-0.3, -0.25) is 9.59 Å². The predicted molar refractivity (Wildman–Crippen MR) is 101 cm³/mol. The molecule has 1 unspecified atom stereocenters. The third-order valence-corrected chi connectivity index (χ3v) is 4.54. The van der Waals surface area contributed by atoms with Crippen LogP contribution in [0.25, 0.3) is 10.8 Å². The lowest BCUT2D eigenvalue weighted by Gasteiger charge is -2.23. The second-order valence-corrected chi connectivity index (χ2v) is 6.22. The molecule has 0 spiro atoms. The Labute approximate surface area is 148 Å². The summed E-state index contributed by atoms with van der Waals surface area (Å²) in [6, 6.07) is 13.9. The minimum Gasteiger partial charge on any atom is -0.335 e. The van der Waals surface area contributed by atoms with Gasteiger partial charge in [0.1, 0.15) is 0 Å². The van der Waals surface area contributed by atoms with E-state index in [-0.39, 0.29) is 24.2 Å². The van der Waals surface area contributed by atoms with Crippen molar-refractivity contribution in [2.75, 3.05) is 24.5 Å². The van der Waals surface area contributed by atoms with Crippen molar-refractivity contribution < 1.29 is 9.59 Å². The van der Waals surface area contributed by atoms with Crippen LogP contribution < -0.4 is 4.90 Å². The number of nitrogens with zero attached hydrogens (tertiary/aromatic N) is 2. The van der Waals surface area contributed by atoms with E-state index in [0.29, 0.717) is 19.6 Å². The predicted octanol–water partition coefficient (Wildman–Crippen LogP) is 3.39. The molecule has 2 aromatic rings. The van der Waals surface area contributed by atoms with E-state index in [4.69, 9.17) is 0 Å². The van der Waals surface area contributed by atoms with E-state index in [9.17, 15) is 9.59 Å². The maximum absolute atomic E-state index is 12.8. The molecule has 1 fully saturated rings. The molecule has 1 aliphatic heterocycles. The van der Waals surface area contributed by atoms with Crippen LogP contribution in [0.5, 0.6) is 0 Å². The average molecular weight is 334 g/mol. The van der Waals surface area contributed by atoms with E-state index in [2.05, 4.69) is 13.2 Å². The fraction of sp³-hybridized carbons (Fsp3) is 0.238. The molecule has 1 heterocycles. The summed E-state index contributed by atoms with van der Waals surface area (Å²) in [6.45, 7) is 8.73. The van der Waals surface area contributed by atoms with Gasteiger partial charge >= 0.3 is 0 Å². The summed E-state index contributed by atoms with van der Waals surface area (Å²) in [7, 11) is 0. The van der Waals surface area contributed by atoms with Gasteiger partial charge in [0.05, 0.1) is 11.6 Å². The highest BCUT2D eigenvalue weighted by molar-refractivity contribution is 6.07. The number of rotatable bonds is 6. The van der Waals surface area contributed by atoms with Crippen molar-refractivity contribution in [2.24, 2.45) is 5.92 Å². The van der Waals surface area contributed by atoms with E-state index < -0.39 is 0 Å². The van der Waals surface area contributed by atoms with Gasteiger partial charge in [-0.25, -0.2) is 0 Å². The number of fused-ring (bicyclic) bond motifs is 1. The van der Waals surface area contributed by atoms with Gasteiger partial charge in [-0.05, 0) is 11.5 Å². The maximum atomic E-state index is 12.8. The van der Waals surface area contributed by atoms with E-state index in [1.807, 2.05) is 42.5 Å². The van der Waals surface area contributed by atoms with Crippen molar-refractivity contribution in [2.45, 2.75) is 6.42 Å². The van der Waals surface area contributed by atoms with Gasteiger partial charge in [0.2, 0.25) is 11.8 Å². The average Bonchev–Trinajstić information content (AvgIpc) is 3.02. The zero-order chi connectivity index (χ0) is 17.8. The van der Waals surface area contributed by atoms with Crippen molar-refractivity contribution >= 4 is 28.3 Å². The first kappa shape index (κ1) is 17.0. The number of amides is 2. The fourth-order valence-electron chi connectivity index (χ4n) is 3.37. The molecule has 0 aliphatic carbocycles. The highest BCUT2D eigenvalue weighted by Gasteiger charge is 2.37. The highest BCUT2D eigenvalue weighted by Crippen LogP contribution is 2.32. The molecule has 0 saturated carbocycles. The molecule has 128 valence electrons. The standard InChI is InChI=1S/C21H22N2O2/c1-3-12-22(13-4-2)21(25)17-14-20(24)23(15-17)19-11-7-9-16-8-5-6-10-18(16)19/h3-11,17H,1-2,12-15H2. The Morgan fingerprint density at radius 2 is 1.80 bits per heavy atom. The van der Waals surface area contributed by atoms with Gasteiger partial charge in [-0.15, -0.1) is 13.2 Å². The summed E-state index contributed by atoms with van der Waals surface area (Å²) < 4.78 is 0. The van der Waals surface area contributed by atoms with Crippen molar-refractivity contribution in [1.29, 1.82) is 0 Å². The molecule has 4 heteroatoms. The Bertz CT molecular complexity index is 812. The van der Waals surface area contributed by atoms with Gasteiger partial charge in [-0.2, -0.15) is 0 Å². The first-order valence-corrected chi connectivity index (χ1v) is 8.44. The highest BCUT2D eigenvalue weighted by atomic mass is 16.2. The van der Waals surface area contributed by atoms with Gasteiger partial charge in [-0.1, -0.05) is 48.6 Å². The Kier molecular flexibility index (Phi) is 4.98. The summed E-state index contributed by atoms with van der Waals surface area (Å²) in [6.07, 6.45) is 3.63. The lowest BCUT2D eigenvalue weighted by molar-refractivity contribution is -0.134. The Hall–Kier alpha value is -2.88. The smallest absolute Gasteiger partial charge is 0.228 e. The first-order valence-electron chi connectivity index (χ1n) is 8.44. The fourth-order valence-corrected chi connectivity index (χ4v) is 3.37. The number of anilines is 1. The van der Waals surface area contributed by atoms with Crippen molar-refractivity contribution in [3.05, 3.63) is 67.8 Å². The van der Waals surface area contributed by atoms with Gasteiger partial charge in [0.15, 0.2) is 0 Å². The van der Waals surface area contributed by atoms with Gasteiger partial charge in [0.25, 0.3) is 0 Å². The molecule has 0 N–H and O–H groups in total. The lowest BCUT2D eigenvalue weighted by atomic mass is 10.1. The largest absolute Gasteiger partial charge is 0.335 e. The van der Waals surface area contributed by atoms with Crippen LogP contribution in [0.4, 0.5) is 5.69 Å². The monoisotopic (exact) mass is 334 g/mol. The SMILES string of the molecule is C=CCN(CC=C)C(=O)C1CC(=O)N(c2cccc3ccccc23)C1. The Morgan fingerprint density at radius 3 is 2.52 bits per heavy atom. The molecule has 25 heavy (non-hydrogen) atoms. The van der Waals surface area contributed by atoms with E-state index in [1.54, 1.807) is 22.0 Å². The van der Waals surface area contributed by atoms with Crippen LogP contribution in [0.2, 0.25) is 0 Å². The van der Waals surface area contributed by atoms with Crippen LogP contribution in [-0.2, 0) is 9.59 Å². The molecule has 1 aliphatic rings. The lowest BCUT2D eigenvalue weighted by Crippen LogP contribution is -2.37. The minimum atomic E-state index is -0.327. The summed E-state index contributed by atoms with van der Waals surface area (Å²) in [5.74, 6) is -0.353. The molecule has 2 amide bonds. The molecule has 1 saturated heterocycles. The van der Waals surface area contributed by atoms with Crippen molar-refractivity contribution in [3.63, 3.8) is 0 Å². The van der Waals surface area contributed by atoms with Crippen LogP contribution in [0, 0.1) is 5.92 Å². The molecular formula is C21H22N2O2. The van der Waals surface area contributed by atoms with Crippen LogP contribution in [0.3, 0.4) is 0 Å². The van der Waals surface area contributed by atoms with Crippen LogP contribution >= 0.6 is 0 Å². The topological polar surface area (TPSA) is 40.6 Å². The third kappa shape index (κ3) is 3.33. The molecule has 0 bridgehead atoms. The number of hydrogen-bond acceptors (Lipinski definition) is 2. The van der Waals surface area contributed by atoms with E-state index in [0.717, 1.165) is 16.5 Å². The number of benzene rings is 2. The normalized spacial score (nSPS) is 16.9. The molecule has 3 rings (SSSR count). The molecule has 1 atom stereocenters. The van der Waals surface area contributed by atoms with Gasteiger partial charge in [0, 0.05) is 31.4 Å². The van der Waals surface area contributed by atoms with E-state index >= 15 is 0 Å². The summed E-state index contributed by atoms with van der Waals surface area (Å²) in [5, 5.41) is 2.11. The zero-order valence-electron chi connectivity index (χ0n) is 14.2. The minimum absolute atomic E-state index is 0.00754. The number of hydrogen-bond donors (Lipinski definition) is 0. The van der Waals surface area contributed by atoms with E-state index in [1.165, 1.54) is 0 Å². The number of carbonyl (C=O) groups is 2. The second-order valence-electron chi connectivity index (χ2n) is 6.22. The Morgan fingerprint density at radius 1 is 1.12 bits per heavy atom. The quantitative estimate of drug-likeness (QED) is 0.760. The molecule has 0 aromatic heterocycles. The van der Waals surface area contributed by atoms with Crippen LogP contribution in [-0.4, -0.2) is 36.3 Å². The molecular weight excluding hydrogens is 312 g/mol. The third-order valence-electron chi connectivity index (χ3n) is 4.54. The summed E-state index contributed by atoms with van der Waals surface area (Å²) in [5.41, 5.74) is 0.873. The zero-order valence-corrected chi connectivity index (χ0v) is 14.2. The summed E-state index contributed by atoms with van der Waals surface area (Å²) >= 11 is 0. The molecule has 4 nitrogen and oxygen atoms in total. The van der Waals surface area contributed by atoms with Crippen molar-refractivity contribution in [3.8, 4) is 0 Å².